The van der Waals surface area contributed by atoms with Crippen molar-refractivity contribution in [1.29, 1.82) is 0 Å². The molecule has 2 aromatic carbocycles. The molecule has 8 heteroatoms. The van der Waals surface area contributed by atoms with E-state index in [4.69, 9.17) is 22.1 Å². The third-order valence-corrected chi connectivity index (χ3v) is 5.00. The maximum absolute atomic E-state index is 12.1. The van der Waals surface area contributed by atoms with E-state index in [-0.39, 0.29) is 31.4 Å². The summed E-state index contributed by atoms with van der Waals surface area (Å²) in [6, 6.07) is 12.0. The van der Waals surface area contributed by atoms with Crippen molar-refractivity contribution >= 4 is 40.7 Å². The van der Waals surface area contributed by atoms with Gasteiger partial charge in [0.2, 0.25) is 11.8 Å². The van der Waals surface area contributed by atoms with Gasteiger partial charge >= 0.3 is 0 Å². The summed E-state index contributed by atoms with van der Waals surface area (Å²) in [7, 11) is 0. The molecule has 0 aromatic heterocycles. The van der Waals surface area contributed by atoms with Gasteiger partial charge in [0.05, 0.1) is 5.92 Å². The fraction of sp³-hybridized carbons (Fsp3) is 0.250. The largest absolute Gasteiger partial charge is 0.484 e. The number of halogens is 1. The third kappa shape index (κ3) is 4.43. The maximum atomic E-state index is 12.1. The Morgan fingerprint density at radius 1 is 1.25 bits per heavy atom. The van der Waals surface area contributed by atoms with Gasteiger partial charge in [-0.1, -0.05) is 17.7 Å². The van der Waals surface area contributed by atoms with Crippen molar-refractivity contribution in [2.45, 2.75) is 13.3 Å². The molecular formula is C20H20ClN3O4. The fourth-order valence-electron chi connectivity index (χ4n) is 2.95. The number of carbonyl (C=O) groups excluding carboxylic acids is 3. The van der Waals surface area contributed by atoms with Crippen molar-refractivity contribution in [3.05, 3.63) is 53.1 Å². The molecule has 1 aliphatic rings. The van der Waals surface area contributed by atoms with Crippen molar-refractivity contribution in [3.63, 3.8) is 0 Å². The molecule has 0 bridgehead atoms. The number of amides is 3. The lowest BCUT2D eigenvalue weighted by molar-refractivity contribution is -0.123. The number of primary amides is 1. The Kier molecular flexibility index (Phi) is 5.84. The predicted molar refractivity (Wildman–Crippen MR) is 106 cm³/mol. The Bertz CT molecular complexity index is 914. The van der Waals surface area contributed by atoms with Crippen molar-refractivity contribution in [1.82, 2.24) is 0 Å². The Balaban J connectivity index is 1.56. The Morgan fingerprint density at radius 2 is 1.96 bits per heavy atom. The molecule has 0 aliphatic carbocycles. The minimum atomic E-state index is -0.475. The van der Waals surface area contributed by atoms with E-state index in [0.717, 1.165) is 5.56 Å². The van der Waals surface area contributed by atoms with E-state index in [2.05, 4.69) is 5.32 Å². The molecule has 0 radical (unpaired) electrons. The van der Waals surface area contributed by atoms with Crippen molar-refractivity contribution < 1.29 is 19.1 Å². The number of rotatable bonds is 6. The van der Waals surface area contributed by atoms with E-state index in [1.165, 1.54) is 4.90 Å². The van der Waals surface area contributed by atoms with Crippen LogP contribution in [0.15, 0.2) is 42.5 Å². The van der Waals surface area contributed by atoms with E-state index in [0.29, 0.717) is 22.1 Å². The zero-order valence-corrected chi connectivity index (χ0v) is 16.0. The number of ether oxygens (including phenoxy) is 1. The van der Waals surface area contributed by atoms with Gasteiger partial charge in [0, 0.05) is 29.4 Å². The van der Waals surface area contributed by atoms with E-state index in [1.807, 2.05) is 6.92 Å². The van der Waals surface area contributed by atoms with Gasteiger partial charge in [0.25, 0.3) is 5.91 Å². The number of hydrogen-bond acceptors (Lipinski definition) is 4. The average Bonchev–Trinajstić information content (AvgIpc) is 3.06. The first-order valence-electron chi connectivity index (χ1n) is 8.72. The molecule has 2 aromatic rings. The molecule has 1 fully saturated rings. The summed E-state index contributed by atoms with van der Waals surface area (Å²) in [4.78, 5) is 36.9. The molecule has 1 aliphatic heterocycles. The second-order valence-corrected chi connectivity index (χ2v) is 6.96. The Labute approximate surface area is 167 Å². The number of hydrogen-bond donors (Lipinski definition) is 2. The van der Waals surface area contributed by atoms with Crippen LogP contribution < -0.4 is 20.7 Å². The van der Waals surface area contributed by atoms with Crippen LogP contribution in [0.1, 0.15) is 12.0 Å². The van der Waals surface area contributed by atoms with Crippen LogP contribution in [0, 0.1) is 12.8 Å². The topological polar surface area (TPSA) is 102 Å². The highest BCUT2D eigenvalue weighted by Crippen LogP contribution is 2.27. The SMILES string of the molecule is Cc1c(Cl)cccc1NC(=O)COc1ccc(N2C[C@@H](C(N)=O)CC2=O)cc1. The number of nitrogens with one attached hydrogen (secondary N) is 1. The van der Waals surface area contributed by atoms with E-state index in [1.54, 1.807) is 42.5 Å². The lowest BCUT2D eigenvalue weighted by atomic mass is 10.1. The number of anilines is 2. The zero-order chi connectivity index (χ0) is 20.3. The van der Waals surface area contributed by atoms with Crippen LogP contribution in [0.3, 0.4) is 0 Å². The van der Waals surface area contributed by atoms with Gasteiger partial charge in [0.1, 0.15) is 5.75 Å². The number of benzene rings is 2. The summed E-state index contributed by atoms with van der Waals surface area (Å²) < 4.78 is 5.49. The van der Waals surface area contributed by atoms with Gasteiger partial charge in [-0.15, -0.1) is 0 Å². The first-order valence-corrected chi connectivity index (χ1v) is 9.10. The van der Waals surface area contributed by atoms with Crippen LogP contribution in [-0.4, -0.2) is 30.9 Å². The Morgan fingerprint density at radius 3 is 2.61 bits per heavy atom. The maximum Gasteiger partial charge on any atom is 0.262 e. The molecule has 1 atom stereocenters. The summed E-state index contributed by atoms with van der Waals surface area (Å²) in [6.07, 6.45) is 0.122. The monoisotopic (exact) mass is 401 g/mol. The molecular weight excluding hydrogens is 382 g/mol. The summed E-state index contributed by atoms with van der Waals surface area (Å²) in [6.45, 7) is 1.92. The van der Waals surface area contributed by atoms with Crippen LogP contribution in [0.25, 0.3) is 0 Å². The highest BCUT2D eigenvalue weighted by molar-refractivity contribution is 6.31. The molecule has 3 amide bonds. The lowest BCUT2D eigenvalue weighted by Crippen LogP contribution is -2.28. The van der Waals surface area contributed by atoms with E-state index in [9.17, 15) is 14.4 Å². The normalized spacial score (nSPS) is 16.1. The van der Waals surface area contributed by atoms with Gasteiger partial charge < -0.3 is 20.7 Å². The second-order valence-electron chi connectivity index (χ2n) is 6.55. The van der Waals surface area contributed by atoms with Gasteiger partial charge in [0.15, 0.2) is 6.61 Å². The second kappa shape index (κ2) is 8.31. The number of nitrogens with two attached hydrogens (primary N) is 1. The van der Waals surface area contributed by atoms with Crippen LogP contribution in [0.5, 0.6) is 5.75 Å². The standard InChI is InChI=1S/C20H20ClN3O4/c1-12-16(21)3-2-4-17(12)23-18(25)11-28-15-7-5-14(6-8-15)24-10-13(20(22)27)9-19(24)26/h2-8,13H,9-11H2,1H3,(H2,22,27)(H,23,25)/t13-/m0/s1. The van der Waals surface area contributed by atoms with Gasteiger partial charge in [-0.25, -0.2) is 0 Å². The van der Waals surface area contributed by atoms with Crippen LogP contribution in [0.2, 0.25) is 5.02 Å². The molecule has 0 saturated carbocycles. The molecule has 1 saturated heterocycles. The fourth-order valence-corrected chi connectivity index (χ4v) is 3.12. The first-order chi connectivity index (χ1) is 13.3. The number of carbonyl (C=O) groups is 3. The summed E-state index contributed by atoms with van der Waals surface area (Å²) >= 11 is 6.04. The molecule has 0 spiro atoms. The van der Waals surface area contributed by atoms with Crippen LogP contribution >= 0.6 is 11.6 Å². The summed E-state index contributed by atoms with van der Waals surface area (Å²) in [5.74, 6) is -0.916. The van der Waals surface area contributed by atoms with Crippen molar-refractivity contribution in [2.24, 2.45) is 11.7 Å². The average molecular weight is 402 g/mol. The molecule has 7 nitrogen and oxygen atoms in total. The molecule has 0 unspecified atom stereocenters. The van der Waals surface area contributed by atoms with Crippen molar-refractivity contribution in [3.8, 4) is 5.75 Å². The Hall–Kier alpha value is -3.06. The molecule has 146 valence electrons. The molecule has 3 N–H and O–H groups in total. The van der Waals surface area contributed by atoms with E-state index < -0.39 is 11.8 Å². The van der Waals surface area contributed by atoms with Gasteiger partial charge in [-0.3, -0.25) is 14.4 Å². The summed E-state index contributed by atoms with van der Waals surface area (Å²) in [5, 5.41) is 3.33. The smallest absolute Gasteiger partial charge is 0.262 e. The van der Waals surface area contributed by atoms with Crippen LogP contribution in [-0.2, 0) is 14.4 Å². The molecule has 28 heavy (non-hydrogen) atoms. The highest BCUT2D eigenvalue weighted by atomic mass is 35.5. The highest BCUT2D eigenvalue weighted by Gasteiger charge is 2.33. The molecule has 1 heterocycles. The summed E-state index contributed by atoms with van der Waals surface area (Å²) in [5.41, 5.74) is 7.35. The number of nitrogens with zero attached hydrogens (tertiary/aromatic N) is 1. The minimum Gasteiger partial charge on any atom is -0.484 e. The van der Waals surface area contributed by atoms with E-state index >= 15 is 0 Å². The van der Waals surface area contributed by atoms with Crippen molar-refractivity contribution in [2.75, 3.05) is 23.4 Å². The minimum absolute atomic E-state index is 0.122. The predicted octanol–water partition coefficient (Wildman–Crippen LogP) is 2.50. The van der Waals surface area contributed by atoms with Crippen LogP contribution in [0.4, 0.5) is 11.4 Å². The zero-order valence-electron chi connectivity index (χ0n) is 15.3. The third-order valence-electron chi connectivity index (χ3n) is 4.59. The van der Waals surface area contributed by atoms with Gasteiger partial charge in [-0.2, -0.15) is 0 Å². The quantitative estimate of drug-likeness (QED) is 0.776. The lowest BCUT2D eigenvalue weighted by Gasteiger charge is -2.17. The van der Waals surface area contributed by atoms with Gasteiger partial charge in [-0.05, 0) is 48.9 Å². The first kappa shape index (κ1) is 19.7. The molecule has 3 rings (SSSR count).